The van der Waals surface area contributed by atoms with E-state index in [-0.39, 0.29) is 18.9 Å². The zero-order valence-corrected chi connectivity index (χ0v) is 22.8. The average molecular weight is 522 g/mol. The first kappa shape index (κ1) is 27.6. The molecule has 0 radical (unpaired) electrons. The molecule has 0 aliphatic heterocycles. The highest BCUT2D eigenvalue weighted by atomic mass is 16.6. The maximum Gasteiger partial charge on any atom is 0.407 e. The van der Waals surface area contributed by atoms with E-state index in [1.807, 2.05) is 60.7 Å². The van der Waals surface area contributed by atoms with Gasteiger partial charge < -0.3 is 14.8 Å². The van der Waals surface area contributed by atoms with Crippen molar-refractivity contribution in [3.8, 4) is 11.1 Å². The fourth-order valence-corrected chi connectivity index (χ4v) is 4.65. The number of fused-ring (bicyclic) bond motifs is 3. The molecule has 3 aromatic rings. The van der Waals surface area contributed by atoms with Crippen molar-refractivity contribution < 1.29 is 19.1 Å². The molecule has 1 atom stereocenters. The molecular formula is C34H35NO4. The molecule has 3 aromatic carbocycles. The quantitative estimate of drug-likeness (QED) is 0.235. The number of alkyl carbamates (subject to hydrolysis) is 1. The van der Waals surface area contributed by atoms with Gasteiger partial charge in [-0.3, -0.25) is 0 Å². The van der Waals surface area contributed by atoms with E-state index in [1.54, 1.807) is 26.8 Å². The van der Waals surface area contributed by atoms with Gasteiger partial charge >= 0.3 is 12.1 Å². The van der Waals surface area contributed by atoms with Gasteiger partial charge in [-0.15, -0.1) is 0 Å². The third-order valence-electron chi connectivity index (χ3n) is 6.46. The van der Waals surface area contributed by atoms with Crippen molar-refractivity contribution >= 4 is 17.6 Å². The second-order valence-corrected chi connectivity index (χ2v) is 10.6. The molecule has 4 rings (SSSR count). The molecule has 0 saturated carbocycles. The van der Waals surface area contributed by atoms with Gasteiger partial charge in [0.1, 0.15) is 18.2 Å². The molecule has 1 N–H and O–H groups in total. The van der Waals surface area contributed by atoms with Crippen molar-refractivity contribution in [1.82, 2.24) is 5.32 Å². The van der Waals surface area contributed by atoms with E-state index < -0.39 is 23.7 Å². The largest absolute Gasteiger partial charge is 0.458 e. The Balaban J connectivity index is 1.42. The molecule has 0 fully saturated rings. The van der Waals surface area contributed by atoms with Crippen LogP contribution >= 0.6 is 0 Å². The van der Waals surface area contributed by atoms with Crippen LogP contribution in [-0.4, -0.2) is 30.3 Å². The smallest absolute Gasteiger partial charge is 0.407 e. The molecule has 1 amide bonds. The summed E-state index contributed by atoms with van der Waals surface area (Å²) >= 11 is 0. The Morgan fingerprint density at radius 2 is 1.44 bits per heavy atom. The number of rotatable bonds is 9. The van der Waals surface area contributed by atoms with Crippen LogP contribution in [0.4, 0.5) is 4.79 Å². The maximum absolute atomic E-state index is 13.0. The highest BCUT2D eigenvalue weighted by molar-refractivity contribution is 5.83. The van der Waals surface area contributed by atoms with E-state index in [4.69, 9.17) is 9.47 Å². The SMILES string of the molecule is C=C(/C=C\C(=C)c1ccccc1)CC(NC(=O)OCC1c2ccccc2-c2ccccc21)C(=O)OC(C)(C)C. The number of ether oxygens (including phenoxy) is 2. The van der Waals surface area contributed by atoms with Crippen LogP contribution in [0.2, 0.25) is 0 Å². The van der Waals surface area contributed by atoms with Gasteiger partial charge in [0.15, 0.2) is 0 Å². The second-order valence-electron chi connectivity index (χ2n) is 10.6. The summed E-state index contributed by atoms with van der Waals surface area (Å²) in [5.41, 5.74) is 6.26. The number of carbonyl (C=O) groups excluding carboxylic acids is 2. The van der Waals surface area contributed by atoms with E-state index >= 15 is 0 Å². The number of amides is 1. The molecule has 5 heteroatoms. The van der Waals surface area contributed by atoms with E-state index in [0.29, 0.717) is 5.57 Å². The number of allylic oxidation sites excluding steroid dienone is 3. The van der Waals surface area contributed by atoms with Crippen molar-refractivity contribution in [1.29, 1.82) is 0 Å². The van der Waals surface area contributed by atoms with Crippen molar-refractivity contribution in [3.63, 3.8) is 0 Å². The summed E-state index contributed by atoms with van der Waals surface area (Å²) in [7, 11) is 0. The summed E-state index contributed by atoms with van der Waals surface area (Å²) in [4.78, 5) is 25.9. The van der Waals surface area contributed by atoms with Gasteiger partial charge in [0.25, 0.3) is 0 Å². The fourth-order valence-electron chi connectivity index (χ4n) is 4.65. The van der Waals surface area contributed by atoms with Gasteiger partial charge in [-0.25, -0.2) is 9.59 Å². The summed E-state index contributed by atoms with van der Waals surface area (Å²) in [6.45, 7) is 13.7. The highest BCUT2D eigenvalue weighted by Gasteiger charge is 2.31. The average Bonchev–Trinajstić information content (AvgIpc) is 3.23. The third-order valence-corrected chi connectivity index (χ3v) is 6.46. The minimum atomic E-state index is -0.956. The highest BCUT2D eigenvalue weighted by Crippen LogP contribution is 2.44. The zero-order chi connectivity index (χ0) is 28.0. The Kier molecular flexibility index (Phi) is 8.50. The number of hydrogen-bond acceptors (Lipinski definition) is 4. The topological polar surface area (TPSA) is 64.6 Å². The summed E-state index contributed by atoms with van der Waals surface area (Å²) < 4.78 is 11.2. The van der Waals surface area contributed by atoms with Crippen LogP contribution in [0.3, 0.4) is 0 Å². The van der Waals surface area contributed by atoms with Gasteiger partial charge in [0.05, 0.1) is 0 Å². The fraction of sp³-hybridized carbons (Fsp3) is 0.235. The predicted molar refractivity (Wildman–Crippen MR) is 156 cm³/mol. The number of carbonyl (C=O) groups is 2. The summed E-state index contributed by atoms with van der Waals surface area (Å²) in [5.74, 6) is -0.627. The van der Waals surface area contributed by atoms with E-state index in [9.17, 15) is 9.59 Å². The van der Waals surface area contributed by atoms with E-state index in [2.05, 4.69) is 42.7 Å². The molecule has 5 nitrogen and oxygen atoms in total. The predicted octanol–water partition coefficient (Wildman–Crippen LogP) is 7.45. The summed E-state index contributed by atoms with van der Waals surface area (Å²) in [6.07, 6.45) is 3.12. The van der Waals surface area contributed by atoms with Crippen LogP contribution in [0, 0.1) is 0 Å². The minimum Gasteiger partial charge on any atom is -0.458 e. The summed E-state index contributed by atoms with van der Waals surface area (Å²) in [6, 6.07) is 25.1. The van der Waals surface area contributed by atoms with Crippen LogP contribution in [0.5, 0.6) is 0 Å². The van der Waals surface area contributed by atoms with E-state index in [1.165, 1.54) is 0 Å². The van der Waals surface area contributed by atoms with Crippen LogP contribution < -0.4 is 5.32 Å². The molecule has 0 saturated heterocycles. The van der Waals surface area contributed by atoms with Gasteiger partial charge in [-0.2, -0.15) is 0 Å². The number of benzene rings is 3. The van der Waals surface area contributed by atoms with Crippen LogP contribution in [0.1, 0.15) is 49.8 Å². The molecule has 1 aliphatic rings. The Hall–Kier alpha value is -4.38. The lowest BCUT2D eigenvalue weighted by Gasteiger charge is -2.25. The minimum absolute atomic E-state index is 0.0787. The zero-order valence-electron chi connectivity index (χ0n) is 22.8. The number of nitrogens with one attached hydrogen (secondary N) is 1. The van der Waals surface area contributed by atoms with Crippen LogP contribution in [0.15, 0.2) is 110 Å². The van der Waals surface area contributed by atoms with E-state index in [0.717, 1.165) is 33.4 Å². The number of hydrogen-bond donors (Lipinski definition) is 1. The number of esters is 1. The lowest BCUT2D eigenvalue weighted by molar-refractivity contribution is -0.157. The normalized spacial score (nSPS) is 13.3. The van der Waals surface area contributed by atoms with Crippen LogP contribution in [0.25, 0.3) is 16.7 Å². The Morgan fingerprint density at radius 3 is 2.03 bits per heavy atom. The second kappa shape index (κ2) is 12.0. The Bertz CT molecular complexity index is 1350. The lowest BCUT2D eigenvalue weighted by atomic mass is 9.98. The standard InChI is InChI=1S/C34H35NO4/c1-23(19-20-24(2)25-13-7-6-8-14-25)21-31(32(36)39-34(3,4)5)35-33(37)38-22-30-28-17-11-9-15-26(28)27-16-10-12-18-29(27)30/h6-20,30-31H,1-2,21-22H2,3-5H3,(H,35,37)/b20-19-. The molecule has 0 heterocycles. The van der Waals surface area contributed by atoms with Crippen molar-refractivity contribution in [2.45, 2.75) is 44.8 Å². The van der Waals surface area contributed by atoms with Gasteiger partial charge in [-0.05, 0) is 54.2 Å². The van der Waals surface area contributed by atoms with Crippen molar-refractivity contribution in [2.75, 3.05) is 6.61 Å². The first-order valence-electron chi connectivity index (χ1n) is 13.1. The molecule has 1 unspecified atom stereocenters. The molecule has 1 aliphatic carbocycles. The lowest BCUT2D eigenvalue weighted by Crippen LogP contribution is -2.44. The molecule has 39 heavy (non-hydrogen) atoms. The Labute approximate surface area is 230 Å². The van der Waals surface area contributed by atoms with Gasteiger partial charge in [-0.1, -0.05) is 110 Å². The van der Waals surface area contributed by atoms with Crippen molar-refractivity contribution in [2.24, 2.45) is 0 Å². The monoisotopic (exact) mass is 521 g/mol. The first-order valence-corrected chi connectivity index (χ1v) is 13.1. The third kappa shape index (κ3) is 7.14. The van der Waals surface area contributed by atoms with Gasteiger partial charge in [0, 0.05) is 12.3 Å². The molecular weight excluding hydrogens is 486 g/mol. The first-order chi connectivity index (χ1) is 18.6. The molecule has 0 aromatic heterocycles. The maximum atomic E-state index is 13.0. The van der Waals surface area contributed by atoms with Crippen molar-refractivity contribution in [3.05, 3.63) is 126 Å². The Morgan fingerprint density at radius 1 is 0.872 bits per heavy atom. The summed E-state index contributed by atoms with van der Waals surface area (Å²) in [5, 5.41) is 2.71. The molecule has 200 valence electrons. The van der Waals surface area contributed by atoms with Gasteiger partial charge in [0.2, 0.25) is 0 Å². The van der Waals surface area contributed by atoms with Crippen LogP contribution in [-0.2, 0) is 14.3 Å². The molecule has 0 spiro atoms. The molecule has 0 bridgehead atoms.